The fourth-order valence-electron chi connectivity index (χ4n) is 2.85. The van der Waals surface area contributed by atoms with Crippen molar-refractivity contribution >= 4 is 5.69 Å². The molecule has 2 nitrogen and oxygen atoms in total. The molecule has 1 unspecified atom stereocenters. The molecule has 2 rings (SSSR count). The number of nitrogens with zero attached hydrogens (tertiary/aromatic N) is 1. The molecule has 1 saturated heterocycles. The smallest absolute Gasteiger partial charge is 0.0398 e. The first-order valence-electron chi connectivity index (χ1n) is 7.59. The van der Waals surface area contributed by atoms with Gasteiger partial charge in [-0.05, 0) is 62.4 Å². The number of aryl methyl sites for hydroxylation is 2. The summed E-state index contributed by atoms with van der Waals surface area (Å²) in [6.45, 7) is 13.7. The second-order valence-electron chi connectivity index (χ2n) is 6.44. The quantitative estimate of drug-likeness (QED) is 0.873. The summed E-state index contributed by atoms with van der Waals surface area (Å²) >= 11 is 0. The van der Waals surface area contributed by atoms with Crippen LogP contribution in [0.4, 0.5) is 5.69 Å². The second kappa shape index (κ2) is 6.42. The Morgan fingerprint density at radius 1 is 1.32 bits per heavy atom. The zero-order valence-corrected chi connectivity index (χ0v) is 12.9. The van der Waals surface area contributed by atoms with Crippen LogP contribution in [0.1, 0.15) is 31.4 Å². The molecule has 1 aromatic carbocycles. The van der Waals surface area contributed by atoms with Gasteiger partial charge in [-0.1, -0.05) is 26.0 Å². The average Bonchev–Trinajstić information content (AvgIpc) is 2.80. The minimum atomic E-state index is 0.747. The number of rotatable bonds is 5. The second-order valence-corrected chi connectivity index (χ2v) is 6.44. The fraction of sp³-hybridized carbons (Fsp3) is 0.647. The van der Waals surface area contributed by atoms with E-state index >= 15 is 0 Å². The number of benzene rings is 1. The third-order valence-electron chi connectivity index (χ3n) is 3.98. The molecule has 0 radical (unpaired) electrons. The zero-order valence-electron chi connectivity index (χ0n) is 12.9. The fourth-order valence-corrected chi connectivity index (χ4v) is 2.85. The molecule has 1 heterocycles. The van der Waals surface area contributed by atoms with Crippen LogP contribution in [0, 0.1) is 25.7 Å². The van der Waals surface area contributed by atoms with Crippen LogP contribution in [0.5, 0.6) is 0 Å². The van der Waals surface area contributed by atoms with Crippen molar-refractivity contribution in [1.29, 1.82) is 0 Å². The third kappa shape index (κ3) is 3.97. The molecule has 1 atom stereocenters. The topological polar surface area (TPSA) is 15.3 Å². The lowest BCUT2D eigenvalue weighted by Crippen LogP contribution is -2.28. The van der Waals surface area contributed by atoms with Gasteiger partial charge in [-0.2, -0.15) is 0 Å². The van der Waals surface area contributed by atoms with Crippen molar-refractivity contribution in [2.75, 3.05) is 31.1 Å². The molecule has 0 aromatic heterocycles. The zero-order chi connectivity index (χ0) is 13.8. The molecule has 1 N–H and O–H groups in total. The predicted octanol–water partition coefficient (Wildman–Crippen LogP) is 3.38. The van der Waals surface area contributed by atoms with Gasteiger partial charge in [-0.15, -0.1) is 0 Å². The molecule has 106 valence electrons. The van der Waals surface area contributed by atoms with Crippen LogP contribution in [0.15, 0.2) is 18.2 Å². The summed E-state index contributed by atoms with van der Waals surface area (Å²) in [4.78, 5) is 2.56. The van der Waals surface area contributed by atoms with E-state index in [1.807, 2.05) is 0 Å². The maximum absolute atomic E-state index is 3.60. The van der Waals surface area contributed by atoms with Crippen LogP contribution >= 0.6 is 0 Å². The standard InChI is InChI=1S/C17H28N2/c1-13(2)10-18-11-16-7-8-19(12-16)17-9-14(3)5-6-15(17)4/h5-6,9,13,16,18H,7-8,10-12H2,1-4H3. The van der Waals surface area contributed by atoms with Gasteiger partial charge in [0.1, 0.15) is 0 Å². The molecule has 0 amide bonds. The SMILES string of the molecule is Cc1ccc(C)c(N2CCC(CNCC(C)C)C2)c1. The van der Waals surface area contributed by atoms with Gasteiger partial charge in [-0.25, -0.2) is 0 Å². The van der Waals surface area contributed by atoms with Crippen molar-refractivity contribution < 1.29 is 0 Å². The molecule has 19 heavy (non-hydrogen) atoms. The molecule has 1 aromatic rings. The first kappa shape index (κ1) is 14.4. The highest BCUT2D eigenvalue weighted by molar-refractivity contribution is 5.55. The highest BCUT2D eigenvalue weighted by atomic mass is 15.2. The maximum Gasteiger partial charge on any atom is 0.0398 e. The Balaban J connectivity index is 1.89. The van der Waals surface area contributed by atoms with Gasteiger partial charge in [0.2, 0.25) is 0 Å². The van der Waals surface area contributed by atoms with Crippen molar-refractivity contribution in [3.8, 4) is 0 Å². The van der Waals surface area contributed by atoms with E-state index in [1.54, 1.807) is 0 Å². The lowest BCUT2D eigenvalue weighted by Gasteiger charge is -2.22. The molecule has 0 saturated carbocycles. The summed E-state index contributed by atoms with van der Waals surface area (Å²) < 4.78 is 0. The van der Waals surface area contributed by atoms with Crippen molar-refractivity contribution in [2.24, 2.45) is 11.8 Å². The number of nitrogens with one attached hydrogen (secondary N) is 1. The van der Waals surface area contributed by atoms with E-state index in [1.165, 1.54) is 42.9 Å². The van der Waals surface area contributed by atoms with Crippen molar-refractivity contribution in [1.82, 2.24) is 5.32 Å². The summed E-state index contributed by atoms with van der Waals surface area (Å²) in [6.07, 6.45) is 1.32. The van der Waals surface area contributed by atoms with Crippen molar-refractivity contribution in [3.05, 3.63) is 29.3 Å². The Morgan fingerprint density at radius 2 is 2.11 bits per heavy atom. The monoisotopic (exact) mass is 260 g/mol. The normalized spacial score (nSPS) is 19.4. The molecular formula is C17H28N2. The lowest BCUT2D eigenvalue weighted by molar-refractivity contribution is 0.477. The van der Waals surface area contributed by atoms with Crippen LogP contribution < -0.4 is 10.2 Å². The van der Waals surface area contributed by atoms with Crippen LogP contribution in [0.2, 0.25) is 0 Å². The minimum Gasteiger partial charge on any atom is -0.371 e. The van der Waals surface area contributed by atoms with Crippen LogP contribution in [0.3, 0.4) is 0 Å². The van der Waals surface area contributed by atoms with E-state index in [-0.39, 0.29) is 0 Å². The van der Waals surface area contributed by atoms with Crippen LogP contribution in [-0.2, 0) is 0 Å². The highest BCUT2D eigenvalue weighted by Crippen LogP contribution is 2.27. The number of anilines is 1. The van der Waals surface area contributed by atoms with E-state index in [0.717, 1.165) is 18.4 Å². The Hall–Kier alpha value is -1.02. The Bertz CT molecular complexity index is 412. The van der Waals surface area contributed by atoms with Gasteiger partial charge >= 0.3 is 0 Å². The number of hydrogen-bond donors (Lipinski definition) is 1. The van der Waals surface area contributed by atoms with Gasteiger partial charge in [0.25, 0.3) is 0 Å². The summed E-state index contributed by atoms with van der Waals surface area (Å²) in [6, 6.07) is 6.78. The van der Waals surface area contributed by atoms with E-state index in [9.17, 15) is 0 Å². The summed E-state index contributed by atoms with van der Waals surface area (Å²) in [5, 5.41) is 3.60. The van der Waals surface area contributed by atoms with Crippen molar-refractivity contribution in [3.63, 3.8) is 0 Å². The van der Waals surface area contributed by atoms with Crippen LogP contribution in [0.25, 0.3) is 0 Å². The molecule has 1 aliphatic rings. The summed E-state index contributed by atoms with van der Waals surface area (Å²) in [5.41, 5.74) is 4.20. The largest absolute Gasteiger partial charge is 0.371 e. The number of hydrogen-bond acceptors (Lipinski definition) is 2. The molecule has 0 aliphatic carbocycles. The van der Waals surface area contributed by atoms with E-state index < -0.39 is 0 Å². The highest BCUT2D eigenvalue weighted by Gasteiger charge is 2.23. The van der Waals surface area contributed by atoms with E-state index in [0.29, 0.717) is 0 Å². The first-order chi connectivity index (χ1) is 9.06. The Labute approximate surface area is 118 Å². The lowest BCUT2D eigenvalue weighted by atomic mass is 10.1. The summed E-state index contributed by atoms with van der Waals surface area (Å²) in [7, 11) is 0. The van der Waals surface area contributed by atoms with Gasteiger partial charge in [0.05, 0.1) is 0 Å². The maximum atomic E-state index is 3.60. The summed E-state index contributed by atoms with van der Waals surface area (Å²) in [5.74, 6) is 1.55. The van der Waals surface area contributed by atoms with E-state index in [4.69, 9.17) is 0 Å². The Kier molecular flexibility index (Phi) is 4.87. The van der Waals surface area contributed by atoms with Crippen LogP contribution in [-0.4, -0.2) is 26.2 Å². The molecule has 2 heteroatoms. The van der Waals surface area contributed by atoms with E-state index in [2.05, 4.69) is 56.1 Å². The van der Waals surface area contributed by atoms with Crippen molar-refractivity contribution in [2.45, 2.75) is 34.1 Å². The molecule has 1 aliphatic heterocycles. The molecule has 1 fully saturated rings. The van der Waals surface area contributed by atoms with Gasteiger partial charge in [0, 0.05) is 18.8 Å². The molecule has 0 bridgehead atoms. The first-order valence-corrected chi connectivity index (χ1v) is 7.59. The predicted molar refractivity (Wildman–Crippen MR) is 83.9 cm³/mol. The van der Waals surface area contributed by atoms with Gasteiger partial charge in [0.15, 0.2) is 0 Å². The third-order valence-corrected chi connectivity index (χ3v) is 3.98. The molecule has 0 spiro atoms. The Morgan fingerprint density at radius 3 is 2.84 bits per heavy atom. The molecular weight excluding hydrogens is 232 g/mol. The van der Waals surface area contributed by atoms with Gasteiger partial charge in [-0.3, -0.25) is 0 Å². The minimum absolute atomic E-state index is 0.747. The van der Waals surface area contributed by atoms with Gasteiger partial charge < -0.3 is 10.2 Å². The average molecular weight is 260 g/mol.